The third-order valence-corrected chi connectivity index (χ3v) is 39.8. The van der Waals surface area contributed by atoms with Crippen LogP contribution in [0, 0.1) is 21.7 Å². The maximum Gasteiger partial charge on any atom is 0.393 e. The van der Waals surface area contributed by atoms with Gasteiger partial charge in [-0.05, 0) is 45.9 Å². The molecule has 0 saturated carbocycles. The van der Waals surface area contributed by atoms with E-state index in [4.69, 9.17) is 0 Å². The van der Waals surface area contributed by atoms with E-state index in [1.807, 2.05) is 0 Å². The molecule has 0 amide bonds. The molecular formula is C32H52N4S2Si2. The molecule has 3 aliphatic heterocycles. The summed E-state index contributed by atoms with van der Waals surface area (Å²) in [6.07, 6.45) is 0. The summed E-state index contributed by atoms with van der Waals surface area (Å²) < 4.78 is 11.6. The summed E-state index contributed by atoms with van der Waals surface area (Å²) in [5.74, 6) is 0. The van der Waals surface area contributed by atoms with Gasteiger partial charge in [0, 0.05) is 26.2 Å². The van der Waals surface area contributed by atoms with E-state index < -0.39 is 13.4 Å². The molecule has 8 heteroatoms. The molecule has 0 aromatic heterocycles. The Balaban J connectivity index is 1.67. The largest absolute Gasteiger partial charge is 0.393 e. The van der Waals surface area contributed by atoms with Crippen molar-refractivity contribution in [2.45, 2.75) is 83.1 Å². The number of hydrogen-bond acceptors (Lipinski definition) is 6. The van der Waals surface area contributed by atoms with Gasteiger partial charge in [-0.1, -0.05) is 129 Å². The smallest absolute Gasteiger partial charge is 0.363 e. The molecule has 1 saturated heterocycles. The van der Waals surface area contributed by atoms with Gasteiger partial charge in [-0.2, -0.15) is 0 Å². The average Bonchev–Trinajstić information content (AvgIpc) is 3.15. The van der Waals surface area contributed by atoms with Gasteiger partial charge in [0.25, 0.3) is 0 Å². The SMILES string of the molecule is CC(C)(C)CN1c2ccccc2N(CC(C)(C)C)[Si]12S[Si]1(S2)N(CC(C)(C)C)c2ccccc2N1CC(C)(C)C. The van der Waals surface area contributed by atoms with E-state index in [-0.39, 0.29) is 21.7 Å². The first-order chi connectivity index (χ1) is 18.2. The number of nitrogens with zero attached hydrogens (tertiary/aromatic N) is 4. The number of benzene rings is 2. The van der Waals surface area contributed by atoms with Crippen LogP contribution in [0.1, 0.15) is 83.1 Å². The van der Waals surface area contributed by atoms with E-state index in [0.29, 0.717) is 0 Å². The topological polar surface area (TPSA) is 13.0 Å². The van der Waals surface area contributed by atoms with E-state index in [9.17, 15) is 0 Å². The molecular weight excluding hydrogens is 561 g/mol. The Morgan fingerprint density at radius 3 is 0.800 bits per heavy atom. The summed E-state index contributed by atoms with van der Waals surface area (Å²) in [4.78, 5) is 0. The Morgan fingerprint density at radius 2 is 0.625 bits per heavy atom. The van der Waals surface area contributed by atoms with Crippen molar-refractivity contribution in [1.82, 2.24) is 0 Å². The summed E-state index contributed by atoms with van der Waals surface area (Å²) in [6, 6.07) is 18.6. The van der Waals surface area contributed by atoms with E-state index in [1.165, 1.54) is 22.7 Å². The number of anilines is 4. The van der Waals surface area contributed by atoms with Crippen molar-refractivity contribution in [3.05, 3.63) is 48.5 Å². The third kappa shape index (κ3) is 5.47. The van der Waals surface area contributed by atoms with Gasteiger partial charge < -0.3 is 18.3 Å². The molecule has 2 aromatic carbocycles. The molecule has 0 aliphatic carbocycles. The van der Waals surface area contributed by atoms with Crippen LogP contribution in [0.5, 0.6) is 0 Å². The van der Waals surface area contributed by atoms with Gasteiger partial charge in [0.05, 0.1) is 22.7 Å². The number of fused-ring (bicyclic) bond motifs is 2. The molecule has 2 spiro atoms. The summed E-state index contributed by atoms with van der Waals surface area (Å²) in [7, 11) is 4.89. The monoisotopic (exact) mass is 612 g/mol. The summed E-state index contributed by atoms with van der Waals surface area (Å²) in [5, 5.41) is 0. The summed E-state index contributed by atoms with van der Waals surface area (Å²) >= 11 is 0. The molecule has 220 valence electrons. The number of hydrogen-bond donors (Lipinski definition) is 0. The third-order valence-electron chi connectivity index (χ3n) is 7.35. The first kappa shape index (κ1) is 30.2. The highest BCUT2D eigenvalue weighted by Gasteiger charge is 2.78. The van der Waals surface area contributed by atoms with Crippen molar-refractivity contribution in [2.75, 3.05) is 44.4 Å². The molecule has 0 atom stereocenters. The second-order valence-electron chi connectivity index (χ2n) is 16.9. The van der Waals surface area contributed by atoms with Crippen LogP contribution >= 0.6 is 21.3 Å². The minimum atomic E-state index is -2.20. The van der Waals surface area contributed by atoms with Gasteiger partial charge >= 0.3 is 13.4 Å². The first-order valence-corrected chi connectivity index (χ1v) is 23.3. The lowest BCUT2D eigenvalue weighted by atomic mass is 9.96. The minimum absolute atomic E-state index is 0.213. The number of para-hydroxylation sites is 4. The predicted octanol–water partition coefficient (Wildman–Crippen LogP) is 9.18. The first-order valence-electron chi connectivity index (χ1n) is 14.9. The van der Waals surface area contributed by atoms with Crippen LogP contribution in [0.4, 0.5) is 22.7 Å². The van der Waals surface area contributed by atoms with Crippen LogP contribution in [0.3, 0.4) is 0 Å². The highest BCUT2D eigenvalue weighted by molar-refractivity contribution is 8.98. The molecule has 4 nitrogen and oxygen atoms in total. The maximum absolute atomic E-state index is 2.91. The number of rotatable bonds is 4. The van der Waals surface area contributed by atoms with Gasteiger partial charge in [-0.25, -0.2) is 0 Å². The Hall–Kier alpha value is -1.23. The predicted molar refractivity (Wildman–Crippen MR) is 187 cm³/mol. The Bertz CT molecular complexity index is 1060. The van der Waals surface area contributed by atoms with E-state index in [0.717, 1.165) is 26.2 Å². The van der Waals surface area contributed by atoms with Gasteiger partial charge in [0.15, 0.2) is 0 Å². The van der Waals surface area contributed by atoms with Crippen LogP contribution in [-0.4, -0.2) is 39.6 Å². The molecule has 5 rings (SSSR count). The standard InChI is InChI=1S/C32H52N4S2Si2/c1-29(2,3)21-33-25-17-13-14-18-26(25)34(22-30(4,5)6)39(33)37-40(38-39)35(23-31(7,8)9)27-19-15-16-20-28(27)36(40)24-32(10,11)12/h13-20H,21-24H2,1-12H3. The lowest BCUT2D eigenvalue weighted by Gasteiger charge is -2.61. The molecule has 0 N–H and O–H groups in total. The molecule has 0 unspecified atom stereocenters. The van der Waals surface area contributed by atoms with Crippen molar-refractivity contribution < 1.29 is 0 Å². The van der Waals surface area contributed by atoms with Crippen LogP contribution < -0.4 is 18.3 Å². The van der Waals surface area contributed by atoms with Crippen LogP contribution in [0.2, 0.25) is 0 Å². The lowest BCUT2D eigenvalue weighted by Crippen LogP contribution is -2.79. The van der Waals surface area contributed by atoms with Gasteiger partial charge in [0.2, 0.25) is 0 Å². The van der Waals surface area contributed by atoms with Gasteiger partial charge in [0.1, 0.15) is 0 Å². The van der Waals surface area contributed by atoms with Crippen molar-refractivity contribution >= 4 is 57.5 Å². The molecule has 0 bridgehead atoms. The van der Waals surface area contributed by atoms with Crippen molar-refractivity contribution in [1.29, 1.82) is 0 Å². The van der Waals surface area contributed by atoms with Crippen molar-refractivity contribution in [3.63, 3.8) is 0 Å². The van der Waals surface area contributed by atoms with E-state index in [1.54, 1.807) is 0 Å². The second-order valence-corrected chi connectivity index (χ2v) is 34.9. The molecule has 1 fully saturated rings. The van der Waals surface area contributed by atoms with Crippen LogP contribution in [0.15, 0.2) is 48.5 Å². The van der Waals surface area contributed by atoms with E-state index in [2.05, 4.69) is 171 Å². The highest BCUT2D eigenvalue weighted by atomic mass is 32.9. The van der Waals surface area contributed by atoms with Crippen LogP contribution in [-0.2, 0) is 0 Å². The summed E-state index contributed by atoms with van der Waals surface area (Å²) in [6.45, 7) is 28.9. The lowest BCUT2D eigenvalue weighted by molar-refractivity contribution is 0.424. The average molecular weight is 613 g/mol. The zero-order chi connectivity index (χ0) is 29.5. The van der Waals surface area contributed by atoms with Crippen molar-refractivity contribution in [3.8, 4) is 0 Å². The van der Waals surface area contributed by atoms with Gasteiger partial charge in [-0.3, -0.25) is 0 Å². The fourth-order valence-electron chi connectivity index (χ4n) is 6.17. The minimum Gasteiger partial charge on any atom is -0.363 e. The maximum atomic E-state index is 2.91. The summed E-state index contributed by atoms with van der Waals surface area (Å²) in [5.41, 5.74) is 6.68. The van der Waals surface area contributed by atoms with Crippen LogP contribution in [0.25, 0.3) is 0 Å². The Labute approximate surface area is 254 Å². The fourth-order valence-corrected chi connectivity index (χ4v) is 46.3. The Kier molecular flexibility index (Phi) is 7.29. The molecule has 3 aliphatic rings. The zero-order valence-corrected chi connectivity index (χ0v) is 30.7. The zero-order valence-electron chi connectivity index (χ0n) is 27.1. The molecule has 3 heterocycles. The molecule has 2 aromatic rings. The Morgan fingerprint density at radius 1 is 0.425 bits per heavy atom. The van der Waals surface area contributed by atoms with E-state index >= 15 is 0 Å². The molecule has 0 radical (unpaired) electrons. The second kappa shape index (κ2) is 9.65. The van der Waals surface area contributed by atoms with Gasteiger partial charge in [-0.15, -0.1) is 0 Å². The van der Waals surface area contributed by atoms with Crippen molar-refractivity contribution in [2.24, 2.45) is 21.7 Å². The highest BCUT2D eigenvalue weighted by Crippen LogP contribution is 2.71. The quantitative estimate of drug-likeness (QED) is 0.317. The normalized spacial score (nSPS) is 19.9. The molecule has 40 heavy (non-hydrogen) atoms. The fraction of sp³-hybridized carbons (Fsp3) is 0.625.